The number of hydrogen-bond acceptors (Lipinski definition) is 6. The van der Waals surface area contributed by atoms with Crippen LogP contribution in [-0.2, 0) is 0 Å². The molecule has 0 atom stereocenters. The minimum atomic E-state index is 0.568. The largest absolute Gasteiger partial charge is 0.357 e. The molecule has 3 aromatic rings. The van der Waals surface area contributed by atoms with Crippen LogP contribution in [0, 0.1) is 11.3 Å². The van der Waals surface area contributed by atoms with Gasteiger partial charge in [-0.2, -0.15) is 10.2 Å². The van der Waals surface area contributed by atoms with Crippen LogP contribution in [0.25, 0.3) is 10.2 Å². The topological polar surface area (TPSA) is 73.6 Å². The van der Waals surface area contributed by atoms with Crippen molar-refractivity contribution >= 4 is 39.0 Å². The van der Waals surface area contributed by atoms with Crippen molar-refractivity contribution in [3.05, 3.63) is 41.3 Å². The Morgan fingerprint density at radius 1 is 1.25 bits per heavy atom. The van der Waals surface area contributed by atoms with Gasteiger partial charge >= 0.3 is 0 Å². The lowest BCUT2D eigenvalue weighted by atomic mass is 10.2. The van der Waals surface area contributed by atoms with Gasteiger partial charge in [-0.3, -0.25) is 0 Å². The maximum Gasteiger partial charge on any atom is 0.225 e. The van der Waals surface area contributed by atoms with Crippen molar-refractivity contribution in [2.45, 2.75) is 0 Å². The number of hydrogen-bond donors (Lipinski definition) is 2. The van der Waals surface area contributed by atoms with Gasteiger partial charge in [0.05, 0.1) is 17.0 Å². The lowest BCUT2D eigenvalue weighted by Gasteiger charge is -2.08. The molecule has 6 heteroatoms. The van der Waals surface area contributed by atoms with Crippen LogP contribution in [0.1, 0.15) is 5.56 Å². The van der Waals surface area contributed by atoms with Gasteiger partial charge in [0, 0.05) is 12.7 Å². The predicted octanol–water partition coefficient (Wildman–Crippen LogP) is 3.35. The van der Waals surface area contributed by atoms with E-state index in [0.29, 0.717) is 11.5 Å². The fourth-order valence-electron chi connectivity index (χ4n) is 1.87. The highest BCUT2D eigenvalue weighted by Gasteiger charge is 2.08. The van der Waals surface area contributed by atoms with Crippen molar-refractivity contribution in [3.8, 4) is 6.07 Å². The molecule has 5 nitrogen and oxygen atoms in total. The number of thiophene rings is 1. The lowest BCUT2D eigenvalue weighted by molar-refractivity contribution is 1.20. The third-order valence-corrected chi connectivity index (χ3v) is 3.61. The minimum absolute atomic E-state index is 0.568. The molecule has 20 heavy (non-hydrogen) atoms. The summed E-state index contributed by atoms with van der Waals surface area (Å²) in [6.07, 6.45) is 0. The first kappa shape index (κ1) is 12.4. The molecular formula is C14H11N5S. The Morgan fingerprint density at radius 2 is 2.15 bits per heavy atom. The fraction of sp³-hybridized carbons (Fsp3) is 0.0714. The lowest BCUT2D eigenvalue weighted by Crippen LogP contribution is -2.00. The van der Waals surface area contributed by atoms with Gasteiger partial charge in [-0.15, -0.1) is 11.3 Å². The number of anilines is 3. The van der Waals surface area contributed by atoms with E-state index in [0.717, 1.165) is 21.7 Å². The van der Waals surface area contributed by atoms with Crippen LogP contribution in [0.15, 0.2) is 35.7 Å². The number of nitrogens with zero attached hydrogens (tertiary/aromatic N) is 3. The number of nitriles is 1. The molecule has 3 rings (SSSR count). The molecule has 0 saturated carbocycles. The van der Waals surface area contributed by atoms with Gasteiger partial charge in [0.15, 0.2) is 0 Å². The summed E-state index contributed by atoms with van der Waals surface area (Å²) in [5.74, 6) is 1.30. The van der Waals surface area contributed by atoms with Gasteiger partial charge in [-0.05, 0) is 29.6 Å². The van der Waals surface area contributed by atoms with E-state index in [-0.39, 0.29) is 0 Å². The zero-order chi connectivity index (χ0) is 13.9. The highest BCUT2D eigenvalue weighted by Crippen LogP contribution is 2.28. The third-order valence-electron chi connectivity index (χ3n) is 2.80. The van der Waals surface area contributed by atoms with E-state index in [1.165, 1.54) is 0 Å². The molecule has 2 heterocycles. The zero-order valence-electron chi connectivity index (χ0n) is 10.7. The fourth-order valence-corrected chi connectivity index (χ4v) is 2.63. The number of nitrogens with one attached hydrogen (secondary N) is 2. The van der Waals surface area contributed by atoms with E-state index >= 15 is 0 Å². The monoisotopic (exact) mass is 281 g/mol. The highest BCUT2D eigenvalue weighted by molar-refractivity contribution is 7.16. The summed E-state index contributed by atoms with van der Waals surface area (Å²) in [5, 5.41) is 18.1. The average molecular weight is 281 g/mol. The first-order valence-electron chi connectivity index (χ1n) is 6.00. The second-order valence-corrected chi connectivity index (χ2v) is 5.00. The van der Waals surface area contributed by atoms with Crippen molar-refractivity contribution in [2.24, 2.45) is 0 Å². The Balaban J connectivity index is 2.05. The number of rotatable bonds is 3. The number of fused-ring (bicyclic) bond motifs is 1. The quantitative estimate of drug-likeness (QED) is 0.770. The van der Waals surface area contributed by atoms with Crippen molar-refractivity contribution < 1.29 is 0 Å². The second kappa shape index (κ2) is 5.15. The molecule has 0 spiro atoms. The smallest absolute Gasteiger partial charge is 0.225 e. The molecule has 1 aromatic carbocycles. The Labute approximate surface area is 119 Å². The Morgan fingerprint density at radius 3 is 2.95 bits per heavy atom. The van der Waals surface area contributed by atoms with E-state index in [4.69, 9.17) is 5.26 Å². The van der Waals surface area contributed by atoms with Gasteiger partial charge in [-0.25, -0.2) is 4.98 Å². The summed E-state index contributed by atoms with van der Waals surface area (Å²) in [6, 6.07) is 11.4. The van der Waals surface area contributed by atoms with E-state index < -0.39 is 0 Å². The molecule has 2 aromatic heterocycles. The molecule has 0 bridgehead atoms. The zero-order valence-corrected chi connectivity index (χ0v) is 11.5. The minimum Gasteiger partial charge on any atom is -0.357 e. The Bertz CT molecular complexity index is 803. The van der Waals surface area contributed by atoms with Crippen LogP contribution in [0.5, 0.6) is 0 Å². The van der Waals surface area contributed by atoms with Crippen LogP contribution in [0.2, 0.25) is 0 Å². The summed E-state index contributed by atoms with van der Waals surface area (Å²) in [4.78, 5) is 9.75. The van der Waals surface area contributed by atoms with Crippen LogP contribution >= 0.6 is 11.3 Å². The Hall–Kier alpha value is -2.65. The molecule has 0 saturated heterocycles. The van der Waals surface area contributed by atoms with E-state index in [2.05, 4.69) is 26.7 Å². The van der Waals surface area contributed by atoms with Crippen LogP contribution in [-0.4, -0.2) is 17.0 Å². The van der Waals surface area contributed by atoms with E-state index in [9.17, 15) is 0 Å². The molecule has 0 fully saturated rings. The van der Waals surface area contributed by atoms with Gasteiger partial charge in [0.25, 0.3) is 0 Å². The molecule has 0 unspecified atom stereocenters. The third kappa shape index (κ3) is 2.27. The van der Waals surface area contributed by atoms with Gasteiger partial charge in [0.1, 0.15) is 10.6 Å². The number of benzene rings is 1. The second-order valence-electron chi connectivity index (χ2n) is 4.10. The molecule has 0 aliphatic heterocycles. The maximum absolute atomic E-state index is 8.94. The number of aromatic nitrogens is 2. The molecule has 98 valence electrons. The first-order chi connectivity index (χ1) is 9.80. The van der Waals surface area contributed by atoms with Crippen LogP contribution < -0.4 is 10.6 Å². The molecule has 0 amide bonds. The van der Waals surface area contributed by atoms with E-state index in [1.54, 1.807) is 30.5 Å². The summed E-state index contributed by atoms with van der Waals surface area (Å²) in [6.45, 7) is 0. The molecule has 0 aliphatic rings. The maximum atomic E-state index is 8.94. The standard InChI is InChI=1S/C14H11N5S/c1-16-14-18-12(11-5-6-20-13(11)19-14)17-10-4-2-3-9(7-10)8-15/h2-7H,1H3,(H2,16,17,18,19). The Kier molecular flexibility index (Phi) is 3.19. The summed E-state index contributed by atoms with van der Waals surface area (Å²) in [7, 11) is 1.79. The van der Waals surface area contributed by atoms with Crippen molar-refractivity contribution in [3.63, 3.8) is 0 Å². The molecular weight excluding hydrogens is 270 g/mol. The van der Waals surface area contributed by atoms with Crippen molar-refractivity contribution in [1.29, 1.82) is 5.26 Å². The summed E-state index contributed by atoms with van der Waals surface area (Å²) < 4.78 is 0. The van der Waals surface area contributed by atoms with Crippen LogP contribution in [0.3, 0.4) is 0 Å². The predicted molar refractivity (Wildman–Crippen MR) is 81.4 cm³/mol. The van der Waals surface area contributed by atoms with Gasteiger partial charge in [0.2, 0.25) is 5.95 Å². The average Bonchev–Trinajstić information content (AvgIpc) is 2.96. The normalized spacial score (nSPS) is 10.2. The van der Waals surface area contributed by atoms with Gasteiger partial charge < -0.3 is 10.6 Å². The van der Waals surface area contributed by atoms with E-state index in [1.807, 2.05) is 23.6 Å². The molecule has 0 radical (unpaired) electrons. The first-order valence-corrected chi connectivity index (χ1v) is 6.88. The SMILES string of the molecule is CNc1nc(Nc2cccc(C#N)c2)c2ccsc2n1. The van der Waals surface area contributed by atoms with Crippen LogP contribution in [0.4, 0.5) is 17.5 Å². The highest BCUT2D eigenvalue weighted by atomic mass is 32.1. The molecule has 2 N–H and O–H groups in total. The van der Waals surface area contributed by atoms with Crippen molar-refractivity contribution in [2.75, 3.05) is 17.7 Å². The summed E-state index contributed by atoms with van der Waals surface area (Å²) >= 11 is 1.57. The van der Waals surface area contributed by atoms with Gasteiger partial charge in [-0.1, -0.05) is 6.07 Å². The van der Waals surface area contributed by atoms with Crippen molar-refractivity contribution in [1.82, 2.24) is 9.97 Å². The molecule has 0 aliphatic carbocycles. The summed E-state index contributed by atoms with van der Waals surface area (Å²) in [5.41, 5.74) is 1.44.